The third-order valence-electron chi connectivity index (χ3n) is 2.66. The maximum atomic E-state index is 11.9. The van der Waals surface area contributed by atoms with Crippen LogP contribution < -0.4 is 10.1 Å². The number of ether oxygens (including phenoxy) is 1. The maximum absolute atomic E-state index is 11.9. The van der Waals surface area contributed by atoms with E-state index in [1.807, 2.05) is 13.8 Å². The van der Waals surface area contributed by atoms with E-state index < -0.39 is 0 Å². The number of carbonyl (C=O) groups excluding carboxylic acids is 1. The van der Waals surface area contributed by atoms with Crippen LogP contribution in [-0.4, -0.2) is 27.3 Å². The largest absolute Gasteiger partial charge is 0.466 e. The second kappa shape index (κ2) is 7.17. The van der Waals surface area contributed by atoms with Crippen molar-refractivity contribution in [2.45, 2.75) is 20.4 Å². The van der Waals surface area contributed by atoms with E-state index in [2.05, 4.69) is 15.4 Å². The highest BCUT2D eigenvalue weighted by Crippen LogP contribution is 2.30. The van der Waals surface area contributed by atoms with Gasteiger partial charge in [0, 0.05) is 12.6 Å². The Labute approximate surface area is 142 Å². The molecule has 0 aromatic carbocycles. The maximum Gasteiger partial charge on any atom is 0.263 e. The van der Waals surface area contributed by atoms with E-state index in [0.717, 1.165) is 5.69 Å². The number of hydrogen-bond donors (Lipinski definition) is 1. The molecule has 2 rings (SSSR count). The molecule has 22 heavy (non-hydrogen) atoms. The Morgan fingerprint density at radius 3 is 2.73 bits per heavy atom. The number of halogens is 3. The summed E-state index contributed by atoms with van der Waals surface area (Å²) in [5, 5.41) is 7.38. The van der Waals surface area contributed by atoms with E-state index in [1.54, 1.807) is 10.7 Å². The molecule has 0 radical (unpaired) electrons. The minimum Gasteiger partial charge on any atom is -0.466 e. The molecule has 0 saturated carbocycles. The summed E-state index contributed by atoms with van der Waals surface area (Å²) in [5.41, 5.74) is 0.812. The Kier molecular flexibility index (Phi) is 5.50. The van der Waals surface area contributed by atoms with Crippen molar-refractivity contribution in [1.29, 1.82) is 0 Å². The molecule has 1 N–H and O–H groups in total. The average molecular weight is 364 g/mol. The first kappa shape index (κ1) is 16.9. The molecule has 0 saturated heterocycles. The SMILES string of the molecule is CCn1nc(C)cc1NC(=O)COc1nc(Cl)c(Cl)cc1Cl. The number of hydrogen-bond acceptors (Lipinski definition) is 4. The van der Waals surface area contributed by atoms with Crippen LogP contribution in [0.15, 0.2) is 12.1 Å². The molecule has 0 unspecified atom stereocenters. The summed E-state index contributed by atoms with van der Waals surface area (Å²) in [7, 11) is 0. The molecule has 0 aliphatic carbocycles. The minimum absolute atomic E-state index is 0.0476. The van der Waals surface area contributed by atoms with Crippen LogP contribution in [0, 0.1) is 6.92 Å². The summed E-state index contributed by atoms with van der Waals surface area (Å²) >= 11 is 17.5. The number of amides is 1. The van der Waals surface area contributed by atoms with Gasteiger partial charge in [-0.05, 0) is 19.9 Å². The fourth-order valence-electron chi connectivity index (χ4n) is 1.73. The number of rotatable bonds is 5. The van der Waals surface area contributed by atoms with E-state index in [0.29, 0.717) is 12.4 Å². The van der Waals surface area contributed by atoms with Crippen molar-refractivity contribution in [1.82, 2.24) is 14.8 Å². The van der Waals surface area contributed by atoms with Gasteiger partial charge in [-0.1, -0.05) is 34.8 Å². The molecule has 118 valence electrons. The third-order valence-corrected chi connectivity index (χ3v) is 3.61. The van der Waals surface area contributed by atoms with E-state index >= 15 is 0 Å². The molecule has 6 nitrogen and oxygen atoms in total. The van der Waals surface area contributed by atoms with Crippen molar-refractivity contribution in [2.75, 3.05) is 11.9 Å². The van der Waals surface area contributed by atoms with Crippen molar-refractivity contribution in [3.05, 3.63) is 33.0 Å². The highest BCUT2D eigenvalue weighted by Gasteiger charge is 2.13. The van der Waals surface area contributed by atoms with Gasteiger partial charge in [-0.15, -0.1) is 0 Å². The molecule has 0 spiro atoms. The highest BCUT2D eigenvalue weighted by molar-refractivity contribution is 6.42. The van der Waals surface area contributed by atoms with Crippen LogP contribution in [0.2, 0.25) is 15.2 Å². The molecule has 2 heterocycles. The Balaban J connectivity index is 2.00. The summed E-state index contributed by atoms with van der Waals surface area (Å²) in [5.74, 6) is 0.284. The summed E-state index contributed by atoms with van der Waals surface area (Å²) < 4.78 is 6.94. The van der Waals surface area contributed by atoms with Crippen LogP contribution in [-0.2, 0) is 11.3 Å². The van der Waals surface area contributed by atoms with Crippen molar-refractivity contribution < 1.29 is 9.53 Å². The molecule has 0 fully saturated rings. The topological polar surface area (TPSA) is 69.0 Å². The zero-order valence-corrected chi connectivity index (χ0v) is 14.1. The quantitative estimate of drug-likeness (QED) is 0.824. The molecule has 0 bridgehead atoms. The van der Waals surface area contributed by atoms with Gasteiger partial charge in [-0.3, -0.25) is 4.79 Å². The molecule has 2 aromatic heterocycles. The predicted octanol–water partition coefficient (Wildman–Crippen LogP) is 3.58. The summed E-state index contributed by atoms with van der Waals surface area (Å²) in [6.07, 6.45) is 0. The van der Waals surface area contributed by atoms with Gasteiger partial charge in [0.2, 0.25) is 5.88 Å². The standard InChI is InChI=1S/C13H13Cl3N4O2/c1-3-20-10(4-7(2)19-20)17-11(21)6-22-13-9(15)5-8(14)12(16)18-13/h4-5H,3,6H2,1-2H3,(H,17,21). The van der Waals surface area contributed by atoms with Crippen LogP contribution in [0.3, 0.4) is 0 Å². The fraction of sp³-hybridized carbons (Fsp3) is 0.308. The summed E-state index contributed by atoms with van der Waals surface area (Å²) in [6, 6.07) is 3.17. The Morgan fingerprint density at radius 2 is 2.05 bits per heavy atom. The lowest BCUT2D eigenvalue weighted by Gasteiger charge is -2.09. The number of pyridine rings is 1. The van der Waals surface area contributed by atoms with Gasteiger partial charge in [-0.2, -0.15) is 10.1 Å². The van der Waals surface area contributed by atoms with Crippen LogP contribution in [0.4, 0.5) is 5.82 Å². The molecular formula is C13H13Cl3N4O2. The van der Waals surface area contributed by atoms with Crippen LogP contribution in [0.1, 0.15) is 12.6 Å². The zero-order valence-electron chi connectivity index (χ0n) is 11.9. The Bertz CT molecular complexity index is 703. The highest BCUT2D eigenvalue weighted by atomic mass is 35.5. The zero-order chi connectivity index (χ0) is 16.3. The van der Waals surface area contributed by atoms with Gasteiger partial charge in [0.15, 0.2) is 11.8 Å². The third kappa shape index (κ3) is 4.03. The number of carbonyl (C=O) groups is 1. The Morgan fingerprint density at radius 1 is 1.32 bits per heavy atom. The molecule has 0 aliphatic rings. The number of anilines is 1. The first-order valence-electron chi connectivity index (χ1n) is 6.39. The fourth-order valence-corrected chi connectivity index (χ4v) is 2.27. The molecule has 0 atom stereocenters. The molecular weight excluding hydrogens is 351 g/mol. The van der Waals surface area contributed by atoms with Gasteiger partial charge in [0.1, 0.15) is 10.8 Å². The van der Waals surface area contributed by atoms with Crippen LogP contribution >= 0.6 is 34.8 Å². The predicted molar refractivity (Wildman–Crippen MR) is 86.0 cm³/mol. The van der Waals surface area contributed by atoms with Crippen molar-refractivity contribution in [3.63, 3.8) is 0 Å². The van der Waals surface area contributed by atoms with Gasteiger partial charge in [-0.25, -0.2) is 4.68 Å². The lowest BCUT2D eigenvalue weighted by Crippen LogP contribution is -2.22. The molecule has 1 amide bonds. The summed E-state index contributed by atoms with van der Waals surface area (Å²) in [6.45, 7) is 4.15. The number of nitrogens with zero attached hydrogens (tertiary/aromatic N) is 3. The smallest absolute Gasteiger partial charge is 0.263 e. The molecule has 2 aromatic rings. The number of aryl methyl sites for hydroxylation is 2. The van der Waals surface area contributed by atoms with Crippen molar-refractivity contribution >= 4 is 46.5 Å². The normalized spacial score (nSPS) is 10.6. The van der Waals surface area contributed by atoms with E-state index in [-0.39, 0.29) is 33.6 Å². The second-order valence-corrected chi connectivity index (χ2v) is 5.54. The lowest BCUT2D eigenvalue weighted by atomic mass is 10.4. The molecule has 0 aliphatic heterocycles. The van der Waals surface area contributed by atoms with Crippen molar-refractivity contribution in [3.8, 4) is 5.88 Å². The summed E-state index contributed by atoms with van der Waals surface area (Å²) in [4.78, 5) is 15.8. The van der Waals surface area contributed by atoms with E-state index in [9.17, 15) is 4.79 Å². The Hall–Kier alpha value is -1.50. The average Bonchev–Trinajstić information content (AvgIpc) is 2.81. The van der Waals surface area contributed by atoms with Gasteiger partial charge in [0.05, 0.1) is 10.7 Å². The monoisotopic (exact) mass is 362 g/mol. The van der Waals surface area contributed by atoms with Gasteiger partial charge in [0.25, 0.3) is 5.91 Å². The van der Waals surface area contributed by atoms with Crippen LogP contribution in [0.5, 0.6) is 5.88 Å². The van der Waals surface area contributed by atoms with Gasteiger partial charge < -0.3 is 10.1 Å². The van der Waals surface area contributed by atoms with Crippen LogP contribution in [0.25, 0.3) is 0 Å². The van der Waals surface area contributed by atoms with Gasteiger partial charge >= 0.3 is 0 Å². The number of aromatic nitrogens is 3. The van der Waals surface area contributed by atoms with E-state index in [4.69, 9.17) is 39.5 Å². The minimum atomic E-state index is -0.362. The molecule has 9 heteroatoms. The lowest BCUT2D eigenvalue weighted by molar-refractivity contribution is -0.118. The van der Waals surface area contributed by atoms with Crippen molar-refractivity contribution in [2.24, 2.45) is 0 Å². The van der Waals surface area contributed by atoms with E-state index in [1.165, 1.54) is 6.07 Å². The first-order chi connectivity index (χ1) is 10.4. The number of nitrogens with one attached hydrogen (secondary N) is 1. The second-order valence-electron chi connectivity index (χ2n) is 4.37. The first-order valence-corrected chi connectivity index (χ1v) is 7.52.